The van der Waals surface area contributed by atoms with E-state index in [-0.39, 0.29) is 17.8 Å². The van der Waals surface area contributed by atoms with Crippen LogP contribution in [0.4, 0.5) is 17.3 Å². The highest BCUT2D eigenvalue weighted by atomic mass is 16.2. The van der Waals surface area contributed by atoms with Crippen molar-refractivity contribution < 1.29 is 9.59 Å². The number of nitrogens with one attached hydrogen (secondary N) is 1. The van der Waals surface area contributed by atoms with E-state index in [0.717, 1.165) is 45.3 Å². The summed E-state index contributed by atoms with van der Waals surface area (Å²) in [5, 5.41) is 3.85. The highest BCUT2D eigenvalue weighted by molar-refractivity contribution is 6.06. The first kappa shape index (κ1) is 20.6. The van der Waals surface area contributed by atoms with Crippen LogP contribution < -0.4 is 16.0 Å². The van der Waals surface area contributed by atoms with Gasteiger partial charge < -0.3 is 16.0 Å². The number of nitrogen functional groups attached to an aromatic ring is 1. The van der Waals surface area contributed by atoms with Crippen molar-refractivity contribution in [2.45, 2.75) is 20.3 Å². The zero-order chi connectivity index (χ0) is 23.1. The van der Waals surface area contributed by atoms with Gasteiger partial charge in [-0.05, 0) is 72.0 Å². The molecule has 0 bridgehead atoms. The molecule has 4 aromatic rings. The summed E-state index contributed by atoms with van der Waals surface area (Å²) >= 11 is 0. The highest BCUT2D eigenvalue weighted by Crippen LogP contribution is 2.32. The molecular weight excluding hydrogens is 414 g/mol. The Hall–Kier alpha value is -4.26. The maximum atomic E-state index is 13.0. The SMILES string of the molecule is CC(=O)N1CCc2ccc(NC(=O)c3ccc(C)c(-c4ccc5nc(N)ncc5c4)c3)cc21. The fourth-order valence-electron chi connectivity index (χ4n) is 4.28. The molecule has 1 aliphatic rings. The summed E-state index contributed by atoms with van der Waals surface area (Å²) in [7, 11) is 0. The first-order valence-corrected chi connectivity index (χ1v) is 10.7. The minimum absolute atomic E-state index is 0.00359. The van der Waals surface area contributed by atoms with Gasteiger partial charge in [0.1, 0.15) is 0 Å². The summed E-state index contributed by atoms with van der Waals surface area (Å²) in [6, 6.07) is 17.2. The van der Waals surface area contributed by atoms with E-state index in [0.29, 0.717) is 17.8 Å². The van der Waals surface area contributed by atoms with Gasteiger partial charge in [-0.15, -0.1) is 0 Å². The third-order valence-corrected chi connectivity index (χ3v) is 6.03. The van der Waals surface area contributed by atoms with Gasteiger partial charge in [0.05, 0.1) is 5.52 Å². The Morgan fingerprint density at radius 1 is 1.06 bits per heavy atom. The van der Waals surface area contributed by atoms with Gasteiger partial charge >= 0.3 is 0 Å². The third-order valence-electron chi connectivity index (χ3n) is 6.03. The lowest BCUT2D eigenvalue weighted by atomic mass is 9.97. The van der Waals surface area contributed by atoms with Gasteiger partial charge in [0.2, 0.25) is 11.9 Å². The van der Waals surface area contributed by atoms with Crippen LogP contribution in [0, 0.1) is 6.92 Å². The zero-order valence-corrected chi connectivity index (χ0v) is 18.4. The predicted octanol–water partition coefficient (Wildman–Crippen LogP) is 4.35. The molecule has 0 atom stereocenters. The number of carbonyl (C=O) groups excluding carboxylic acids is 2. The van der Waals surface area contributed by atoms with Gasteiger partial charge in [-0.2, -0.15) is 0 Å². The number of hydrogen-bond acceptors (Lipinski definition) is 5. The van der Waals surface area contributed by atoms with E-state index in [2.05, 4.69) is 15.3 Å². The van der Waals surface area contributed by atoms with Gasteiger partial charge in [0, 0.05) is 42.0 Å². The van der Waals surface area contributed by atoms with E-state index in [1.165, 1.54) is 0 Å². The Morgan fingerprint density at radius 3 is 2.73 bits per heavy atom. The molecule has 0 spiro atoms. The number of anilines is 3. The minimum Gasteiger partial charge on any atom is -0.368 e. The van der Waals surface area contributed by atoms with Crippen LogP contribution in [0.1, 0.15) is 28.4 Å². The average molecular weight is 438 g/mol. The summed E-state index contributed by atoms with van der Waals surface area (Å²) in [5.74, 6) is 0.0346. The zero-order valence-electron chi connectivity index (χ0n) is 18.4. The van der Waals surface area contributed by atoms with Gasteiger partial charge in [0.25, 0.3) is 5.91 Å². The Bertz CT molecular complexity index is 1430. The maximum absolute atomic E-state index is 13.0. The first-order valence-electron chi connectivity index (χ1n) is 10.7. The van der Waals surface area contributed by atoms with E-state index in [9.17, 15) is 9.59 Å². The number of hydrogen-bond donors (Lipinski definition) is 2. The molecule has 3 aromatic carbocycles. The van der Waals surface area contributed by atoms with Crippen molar-refractivity contribution in [2.75, 3.05) is 22.5 Å². The maximum Gasteiger partial charge on any atom is 0.255 e. The molecule has 0 aliphatic carbocycles. The molecule has 33 heavy (non-hydrogen) atoms. The van der Waals surface area contributed by atoms with E-state index in [4.69, 9.17) is 5.73 Å². The van der Waals surface area contributed by atoms with Crippen molar-refractivity contribution in [3.8, 4) is 11.1 Å². The molecule has 7 nitrogen and oxygen atoms in total. The Balaban J connectivity index is 1.44. The van der Waals surface area contributed by atoms with Crippen molar-refractivity contribution in [2.24, 2.45) is 0 Å². The molecule has 5 rings (SSSR count). The van der Waals surface area contributed by atoms with Crippen LogP contribution in [-0.2, 0) is 11.2 Å². The number of nitrogens with two attached hydrogens (primary N) is 1. The summed E-state index contributed by atoms with van der Waals surface area (Å²) in [4.78, 5) is 35.0. The monoisotopic (exact) mass is 437 g/mol. The lowest BCUT2D eigenvalue weighted by molar-refractivity contribution is -0.116. The summed E-state index contributed by atoms with van der Waals surface area (Å²) in [5.41, 5.74) is 12.6. The molecule has 2 heterocycles. The lowest BCUT2D eigenvalue weighted by Gasteiger charge is -2.16. The number of aromatic nitrogens is 2. The average Bonchev–Trinajstić information content (AvgIpc) is 3.22. The molecule has 0 fully saturated rings. The van der Waals surface area contributed by atoms with Crippen molar-refractivity contribution in [1.29, 1.82) is 0 Å². The van der Waals surface area contributed by atoms with Crippen LogP contribution in [0.2, 0.25) is 0 Å². The van der Waals surface area contributed by atoms with Gasteiger partial charge in [-0.25, -0.2) is 9.97 Å². The molecule has 0 radical (unpaired) electrons. The second kappa shape index (κ2) is 8.02. The van der Waals surface area contributed by atoms with E-state index in [1.54, 1.807) is 18.0 Å². The number of benzene rings is 3. The van der Waals surface area contributed by atoms with Crippen LogP contribution in [0.25, 0.3) is 22.0 Å². The molecule has 0 saturated heterocycles. The molecule has 3 N–H and O–H groups in total. The van der Waals surface area contributed by atoms with E-state index < -0.39 is 0 Å². The van der Waals surface area contributed by atoms with Crippen molar-refractivity contribution in [3.05, 3.63) is 77.5 Å². The molecule has 164 valence electrons. The smallest absolute Gasteiger partial charge is 0.255 e. The topological polar surface area (TPSA) is 101 Å². The number of rotatable bonds is 3. The molecule has 1 aromatic heterocycles. The first-order chi connectivity index (χ1) is 15.9. The molecule has 0 saturated carbocycles. The molecule has 2 amide bonds. The summed E-state index contributed by atoms with van der Waals surface area (Å²) in [6.07, 6.45) is 2.53. The van der Waals surface area contributed by atoms with Crippen molar-refractivity contribution in [3.63, 3.8) is 0 Å². The Labute approximate surface area is 191 Å². The molecular formula is C26H23N5O2. The lowest BCUT2D eigenvalue weighted by Crippen LogP contribution is -2.25. The van der Waals surface area contributed by atoms with Crippen LogP contribution in [0.15, 0.2) is 60.8 Å². The molecule has 7 heteroatoms. The quantitative estimate of drug-likeness (QED) is 0.496. The Morgan fingerprint density at radius 2 is 1.91 bits per heavy atom. The van der Waals surface area contributed by atoms with Gasteiger partial charge in [0.15, 0.2) is 0 Å². The number of nitrogens with zero attached hydrogens (tertiary/aromatic N) is 3. The van der Waals surface area contributed by atoms with Crippen LogP contribution in [0.5, 0.6) is 0 Å². The van der Waals surface area contributed by atoms with Crippen molar-refractivity contribution in [1.82, 2.24) is 9.97 Å². The second-order valence-electron chi connectivity index (χ2n) is 8.25. The predicted molar refractivity (Wildman–Crippen MR) is 130 cm³/mol. The number of amides is 2. The van der Waals surface area contributed by atoms with Crippen molar-refractivity contribution >= 4 is 40.0 Å². The fourth-order valence-corrected chi connectivity index (χ4v) is 4.28. The van der Waals surface area contributed by atoms with Crippen LogP contribution >= 0.6 is 0 Å². The summed E-state index contributed by atoms with van der Waals surface area (Å²) < 4.78 is 0. The van der Waals surface area contributed by atoms with Gasteiger partial charge in [-0.3, -0.25) is 9.59 Å². The third kappa shape index (κ3) is 3.89. The molecule has 0 unspecified atom stereocenters. The van der Waals surface area contributed by atoms with Gasteiger partial charge in [-0.1, -0.05) is 18.2 Å². The number of aryl methyl sites for hydroxylation is 1. The second-order valence-corrected chi connectivity index (χ2v) is 8.25. The normalized spacial score (nSPS) is 12.6. The Kier molecular flexibility index (Phi) is 5.01. The minimum atomic E-state index is -0.208. The fraction of sp³-hybridized carbons (Fsp3) is 0.154. The van der Waals surface area contributed by atoms with E-state index in [1.807, 2.05) is 61.5 Å². The summed E-state index contributed by atoms with van der Waals surface area (Å²) in [6.45, 7) is 4.24. The number of fused-ring (bicyclic) bond motifs is 2. The van der Waals surface area contributed by atoms with Crippen LogP contribution in [0.3, 0.4) is 0 Å². The highest BCUT2D eigenvalue weighted by Gasteiger charge is 2.22. The standard InChI is InChI=1S/C26H23N5O2/c1-15-3-4-19(12-22(15)18-6-8-23-20(11-18)14-28-26(27)30-23)25(33)29-21-7-5-17-9-10-31(16(2)32)24(17)13-21/h3-8,11-14H,9-10H2,1-2H3,(H,29,33)(H2,27,28,30). The largest absolute Gasteiger partial charge is 0.368 e. The van der Waals surface area contributed by atoms with E-state index >= 15 is 0 Å². The number of carbonyl (C=O) groups is 2. The molecule has 1 aliphatic heterocycles. The van der Waals surface area contributed by atoms with Crippen LogP contribution in [-0.4, -0.2) is 28.3 Å².